The van der Waals surface area contributed by atoms with Gasteiger partial charge in [0.15, 0.2) is 0 Å². The van der Waals surface area contributed by atoms with Crippen molar-refractivity contribution in [2.24, 2.45) is 5.73 Å². The minimum absolute atomic E-state index is 0.196. The Morgan fingerprint density at radius 2 is 1.87 bits per heavy atom. The molecule has 1 aromatic carbocycles. The van der Waals surface area contributed by atoms with Gasteiger partial charge in [-0.1, -0.05) is 19.1 Å². The summed E-state index contributed by atoms with van der Waals surface area (Å²) >= 11 is 0. The molecule has 4 heteroatoms. The number of hydrogen-bond acceptors (Lipinski definition) is 3. The Balaban J connectivity index is 2.64. The number of rotatable bonds is 4. The van der Waals surface area contributed by atoms with Crippen molar-refractivity contribution in [3.8, 4) is 5.75 Å². The summed E-state index contributed by atoms with van der Waals surface area (Å²) in [6, 6.07) is 6.71. The van der Waals surface area contributed by atoms with Crippen LogP contribution in [0.5, 0.6) is 5.75 Å². The number of benzene rings is 1. The molecule has 0 saturated heterocycles. The number of amides is 1. The molecule has 4 nitrogen and oxygen atoms in total. The van der Waals surface area contributed by atoms with E-state index in [9.17, 15) is 9.59 Å². The molecule has 0 saturated carbocycles. The molecular formula is C11H13NO3. The van der Waals surface area contributed by atoms with Crippen molar-refractivity contribution >= 4 is 11.9 Å². The van der Waals surface area contributed by atoms with E-state index < -0.39 is 0 Å². The third-order valence-electron chi connectivity index (χ3n) is 1.82. The standard InChI is InChI=1S/C11H13NO3/c1-2-11(14)15-9-5-3-8(4-6-9)7-10(12)13/h3-6H,2,7H2,1H3,(H2,12,13). The van der Waals surface area contributed by atoms with Crippen molar-refractivity contribution in [3.63, 3.8) is 0 Å². The number of nitrogens with two attached hydrogens (primary N) is 1. The predicted molar refractivity (Wildman–Crippen MR) is 55.3 cm³/mol. The van der Waals surface area contributed by atoms with E-state index in [1.165, 1.54) is 0 Å². The minimum atomic E-state index is -0.381. The SMILES string of the molecule is CCC(=O)Oc1ccc(CC(N)=O)cc1. The predicted octanol–water partition coefficient (Wildman–Crippen LogP) is 1.03. The molecule has 0 bridgehead atoms. The van der Waals surface area contributed by atoms with Crippen LogP contribution >= 0.6 is 0 Å². The maximum atomic E-state index is 10.9. The first-order valence-corrected chi connectivity index (χ1v) is 4.69. The van der Waals surface area contributed by atoms with Gasteiger partial charge < -0.3 is 10.5 Å². The van der Waals surface area contributed by atoms with Crippen molar-refractivity contribution in [2.75, 3.05) is 0 Å². The van der Waals surface area contributed by atoms with Crippen LogP contribution in [0.15, 0.2) is 24.3 Å². The molecule has 0 fully saturated rings. The smallest absolute Gasteiger partial charge is 0.310 e. The molecule has 0 unspecified atom stereocenters. The zero-order valence-corrected chi connectivity index (χ0v) is 8.53. The van der Waals surface area contributed by atoms with Crippen molar-refractivity contribution in [2.45, 2.75) is 19.8 Å². The average molecular weight is 207 g/mol. The van der Waals surface area contributed by atoms with Gasteiger partial charge in [-0.25, -0.2) is 0 Å². The summed E-state index contributed by atoms with van der Waals surface area (Å²) in [4.78, 5) is 21.6. The quantitative estimate of drug-likeness (QED) is 0.592. The lowest BCUT2D eigenvalue weighted by Crippen LogP contribution is -2.13. The molecule has 1 rings (SSSR count). The second-order valence-electron chi connectivity index (χ2n) is 3.11. The Morgan fingerprint density at radius 3 is 2.33 bits per heavy atom. The van der Waals surface area contributed by atoms with E-state index in [0.29, 0.717) is 12.2 Å². The fraction of sp³-hybridized carbons (Fsp3) is 0.273. The van der Waals surface area contributed by atoms with Gasteiger partial charge in [-0.3, -0.25) is 9.59 Å². The summed E-state index contributed by atoms with van der Waals surface area (Å²) in [6.45, 7) is 1.73. The number of ether oxygens (including phenoxy) is 1. The van der Waals surface area contributed by atoms with Crippen LogP contribution in [0.4, 0.5) is 0 Å². The van der Waals surface area contributed by atoms with Crippen LogP contribution < -0.4 is 10.5 Å². The van der Waals surface area contributed by atoms with Gasteiger partial charge in [0.2, 0.25) is 5.91 Å². The van der Waals surface area contributed by atoms with Gasteiger partial charge in [-0.2, -0.15) is 0 Å². The maximum absolute atomic E-state index is 10.9. The van der Waals surface area contributed by atoms with E-state index in [1.807, 2.05) is 0 Å². The molecule has 1 amide bonds. The lowest BCUT2D eigenvalue weighted by molar-refractivity contribution is -0.134. The molecule has 15 heavy (non-hydrogen) atoms. The largest absolute Gasteiger partial charge is 0.427 e. The van der Waals surface area contributed by atoms with Crippen molar-refractivity contribution in [3.05, 3.63) is 29.8 Å². The average Bonchev–Trinajstić information content (AvgIpc) is 2.20. The fourth-order valence-corrected chi connectivity index (χ4v) is 1.08. The molecule has 1 aromatic rings. The minimum Gasteiger partial charge on any atom is -0.427 e. The molecule has 0 aliphatic rings. The highest BCUT2D eigenvalue weighted by molar-refractivity contribution is 5.76. The number of esters is 1. The summed E-state index contributed by atoms with van der Waals surface area (Å²) < 4.78 is 4.97. The van der Waals surface area contributed by atoms with Gasteiger partial charge in [0.25, 0.3) is 0 Å². The van der Waals surface area contributed by atoms with Gasteiger partial charge in [0.1, 0.15) is 5.75 Å². The second-order valence-corrected chi connectivity index (χ2v) is 3.11. The van der Waals surface area contributed by atoms with E-state index in [4.69, 9.17) is 10.5 Å². The van der Waals surface area contributed by atoms with E-state index in [2.05, 4.69) is 0 Å². The first-order valence-electron chi connectivity index (χ1n) is 4.69. The summed E-state index contributed by atoms with van der Waals surface area (Å²) in [5.74, 6) is -0.180. The first kappa shape index (κ1) is 11.2. The lowest BCUT2D eigenvalue weighted by atomic mass is 10.1. The Morgan fingerprint density at radius 1 is 1.27 bits per heavy atom. The Bertz CT molecular complexity index is 357. The number of carbonyl (C=O) groups is 2. The Labute approximate surface area is 88.0 Å². The van der Waals surface area contributed by atoms with Crippen LogP contribution in [-0.4, -0.2) is 11.9 Å². The normalized spacial score (nSPS) is 9.67. The molecule has 0 heterocycles. The van der Waals surface area contributed by atoms with Gasteiger partial charge in [0, 0.05) is 6.42 Å². The van der Waals surface area contributed by atoms with Crippen LogP contribution in [0.3, 0.4) is 0 Å². The zero-order chi connectivity index (χ0) is 11.3. The summed E-state index contributed by atoms with van der Waals surface area (Å²) in [6.07, 6.45) is 0.533. The topological polar surface area (TPSA) is 69.4 Å². The number of primary amides is 1. The molecule has 2 N–H and O–H groups in total. The fourth-order valence-electron chi connectivity index (χ4n) is 1.08. The highest BCUT2D eigenvalue weighted by Gasteiger charge is 2.02. The van der Waals surface area contributed by atoms with E-state index in [-0.39, 0.29) is 18.3 Å². The molecule has 0 aliphatic carbocycles. The molecule has 0 aliphatic heterocycles. The van der Waals surface area contributed by atoms with Crippen molar-refractivity contribution < 1.29 is 14.3 Å². The lowest BCUT2D eigenvalue weighted by Gasteiger charge is -2.03. The van der Waals surface area contributed by atoms with Gasteiger partial charge >= 0.3 is 5.97 Å². The number of carbonyl (C=O) groups excluding carboxylic acids is 2. The molecule has 0 aromatic heterocycles. The molecule has 0 radical (unpaired) electrons. The van der Waals surface area contributed by atoms with Gasteiger partial charge in [0.05, 0.1) is 6.42 Å². The van der Waals surface area contributed by atoms with E-state index in [1.54, 1.807) is 31.2 Å². The van der Waals surface area contributed by atoms with E-state index in [0.717, 1.165) is 5.56 Å². The van der Waals surface area contributed by atoms with Crippen LogP contribution in [0, 0.1) is 0 Å². The molecular weight excluding hydrogens is 194 g/mol. The maximum Gasteiger partial charge on any atom is 0.310 e. The summed E-state index contributed by atoms with van der Waals surface area (Å²) in [5, 5.41) is 0. The highest BCUT2D eigenvalue weighted by atomic mass is 16.5. The molecule has 0 atom stereocenters. The monoisotopic (exact) mass is 207 g/mol. The second kappa shape index (κ2) is 5.14. The van der Waals surface area contributed by atoms with Crippen LogP contribution in [0.1, 0.15) is 18.9 Å². The molecule has 0 spiro atoms. The summed E-state index contributed by atoms with van der Waals surface area (Å²) in [5.41, 5.74) is 5.84. The van der Waals surface area contributed by atoms with Gasteiger partial charge in [-0.15, -0.1) is 0 Å². The van der Waals surface area contributed by atoms with E-state index >= 15 is 0 Å². The van der Waals surface area contributed by atoms with Crippen LogP contribution in [0.25, 0.3) is 0 Å². The first-order chi connectivity index (χ1) is 7.11. The van der Waals surface area contributed by atoms with Crippen LogP contribution in [0.2, 0.25) is 0 Å². The van der Waals surface area contributed by atoms with Crippen LogP contribution in [-0.2, 0) is 16.0 Å². The highest BCUT2D eigenvalue weighted by Crippen LogP contribution is 2.13. The Kier molecular flexibility index (Phi) is 3.85. The summed E-state index contributed by atoms with van der Waals surface area (Å²) in [7, 11) is 0. The Hall–Kier alpha value is -1.84. The number of hydrogen-bond donors (Lipinski definition) is 1. The van der Waals surface area contributed by atoms with Crippen molar-refractivity contribution in [1.29, 1.82) is 0 Å². The van der Waals surface area contributed by atoms with Gasteiger partial charge in [-0.05, 0) is 17.7 Å². The molecule has 80 valence electrons. The third kappa shape index (κ3) is 3.81. The van der Waals surface area contributed by atoms with Crippen molar-refractivity contribution in [1.82, 2.24) is 0 Å². The zero-order valence-electron chi connectivity index (χ0n) is 8.53. The third-order valence-corrected chi connectivity index (χ3v) is 1.82.